The van der Waals surface area contributed by atoms with Crippen molar-refractivity contribution in [2.45, 2.75) is 32.4 Å². The number of phenols is 1. The van der Waals surface area contributed by atoms with Crippen LogP contribution in [0.1, 0.15) is 30.6 Å². The number of carbonyl (C=O) groups excluding carboxylic acids is 1. The number of hydrogen-bond donors (Lipinski definition) is 1. The van der Waals surface area contributed by atoms with E-state index < -0.39 is 0 Å². The van der Waals surface area contributed by atoms with Crippen molar-refractivity contribution in [1.29, 1.82) is 0 Å². The summed E-state index contributed by atoms with van der Waals surface area (Å²) in [5.74, 6) is 0.0862. The molecule has 4 heteroatoms. The number of morpholine rings is 1. The molecule has 1 aliphatic rings. The summed E-state index contributed by atoms with van der Waals surface area (Å²) in [4.78, 5) is 14.3. The molecule has 0 radical (unpaired) electrons. The van der Waals surface area contributed by atoms with Crippen LogP contribution in [0.25, 0.3) is 0 Å². The van der Waals surface area contributed by atoms with E-state index in [1.165, 1.54) is 6.07 Å². The molecule has 2 atom stereocenters. The van der Waals surface area contributed by atoms with Crippen LogP contribution >= 0.6 is 0 Å². The molecule has 1 N–H and O–H groups in total. The normalized spacial score (nSPS) is 24.0. The first-order chi connectivity index (χ1) is 8.61. The van der Waals surface area contributed by atoms with Gasteiger partial charge in [0.15, 0.2) is 0 Å². The quantitative estimate of drug-likeness (QED) is 0.872. The van der Waals surface area contributed by atoms with Crippen LogP contribution in [-0.2, 0) is 4.74 Å². The minimum Gasteiger partial charge on any atom is -0.508 e. The summed E-state index contributed by atoms with van der Waals surface area (Å²) in [5.41, 5.74) is 0.530. The highest BCUT2D eigenvalue weighted by Crippen LogP contribution is 2.19. The molecule has 1 fully saturated rings. The fraction of sp³-hybridized carbons (Fsp3) is 0.500. The van der Waals surface area contributed by atoms with E-state index in [1.54, 1.807) is 18.2 Å². The Morgan fingerprint density at radius 1 is 1.56 bits per heavy atom. The topological polar surface area (TPSA) is 49.8 Å². The molecule has 0 saturated carbocycles. The van der Waals surface area contributed by atoms with Crippen molar-refractivity contribution in [3.63, 3.8) is 0 Å². The van der Waals surface area contributed by atoms with Crippen LogP contribution in [-0.4, -0.2) is 41.2 Å². The summed E-state index contributed by atoms with van der Waals surface area (Å²) < 4.78 is 5.58. The van der Waals surface area contributed by atoms with Gasteiger partial charge in [-0.25, -0.2) is 0 Å². The van der Waals surface area contributed by atoms with Crippen LogP contribution < -0.4 is 0 Å². The number of nitrogens with zero attached hydrogens (tertiary/aromatic N) is 1. The summed E-state index contributed by atoms with van der Waals surface area (Å²) in [6.07, 6.45) is 0.936. The van der Waals surface area contributed by atoms with E-state index in [0.29, 0.717) is 18.7 Å². The summed E-state index contributed by atoms with van der Waals surface area (Å²) >= 11 is 0. The lowest BCUT2D eigenvalue weighted by Gasteiger charge is -2.38. The largest absolute Gasteiger partial charge is 0.508 e. The lowest BCUT2D eigenvalue weighted by Crippen LogP contribution is -2.51. The van der Waals surface area contributed by atoms with Crippen LogP contribution in [0.5, 0.6) is 5.75 Å². The predicted octanol–water partition coefficient (Wildman–Crippen LogP) is 2.03. The van der Waals surface area contributed by atoms with Gasteiger partial charge >= 0.3 is 0 Å². The lowest BCUT2D eigenvalue weighted by molar-refractivity contribution is -0.0444. The third kappa shape index (κ3) is 2.64. The molecule has 1 amide bonds. The second-order valence-corrected chi connectivity index (χ2v) is 4.71. The molecule has 1 saturated heterocycles. The van der Waals surface area contributed by atoms with Gasteiger partial charge in [-0.05, 0) is 31.5 Å². The standard InChI is InChI=1S/C14H19NO3/c1-3-12-9-18-10(2)8-15(12)14(17)11-5-4-6-13(16)7-11/h4-7,10,12,16H,3,8-9H2,1-2H3. The Bertz CT molecular complexity index is 433. The maximum Gasteiger partial charge on any atom is 0.254 e. The molecule has 1 heterocycles. The van der Waals surface area contributed by atoms with Crippen LogP contribution in [0, 0.1) is 0 Å². The van der Waals surface area contributed by atoms with E-state index in [4.69, 9.17) is 4.74 Å². The van der Waals surface area contributed by atoms with Gasteiger partial charge in [-0.1, -0.05) is 13.0 Å². The average molecular weight is 249 g/mol. The molecular formula is C14H19NO3. The number of rotatable bonds is 2. The highest BCUT2D eigenvalue weighted by atomic mass is 16.5. The Balaban J connectivity index is 2.20. The minimum absolute atomic E-state index is 0.0344. The van der Waals surface area contributed by atoms with Crippen molar-refractivity contribution in [2.75, 3.05) is 13.2 Å². The van der Waals surface area contributed by atoms with E-state index in [-0.39, 0.29) is 23.8 Å². The van der Waals surface area contributed by atoms with Gasteiger partial charge in [0, 0.05) is 12.1 Å². The predicted molar refractivity (Wildman–Crippen MR) is 68.6 cm³/mol. The lowest BCUT2D eigenvalue weighted by atomic mass is 10.1. The molecule has 1 aromatic carbocycles. The van der Waals surface area contributed by atoms with Gasteiger partial charge in [0.25, 0.3) is 5.91 Å². The highest BCUT2D eigenvalue weighted by Gasteiger charge is 2.29. The smallest absolute Gasteiger partial charge is 0.254 e. The molecule has 0 spiro atoms. The van der Waals surface area contributed by atoms with Gasteiger partial charge in [0.05, 0.1) is 18.8 Å². The van der Waals surface area contributed by atoms with Gasteiger partial charge in [-0.2, -0.15) is 0 Å². The molecule has 1 aliphatic heterocycles. The van der Waals surface area contributed by atoms with Gasteiger partial charge in [0.1, 0.15) is 5.75 Å². The Hall–Kier alpha value is -1.55. The second kappa shape index (κ2) is 5.40. The molecule has 1 aromatic rings. The van der Waals surface area contributed by atoms with Crippen LogP contribution in [0.4, 0.5) is 0 Å². The summed E-state index contributed by atoms with van der Waals surface area (Å²) in [5, 5.41) is 9.44. The maximum absolute atomic E-state index is 12.4. The van der Waals surface area contributed by atoms with E-state index >= 15 is 0 Å². The number of ether oxygens (including phenoxy) is 1. The third-order valence-corrected chi connectivity index (χ3v) is 3.29. The Morgan fingerprint density at radius 2 is 2.33 bits per heavy atom. The maximum atomic E-state index is 12.4. The Morgan fingerprint density at radius 3 is 3.00 bits per heavy atom. The molecule has 98 valence electrons. The molecule has 2 unspecified atom stereocenters. The van der Waals surface area contributed by atoms with Gasteiger partial charge in [0.2, 0.25) is 0 Å². The number of carbonyl (C=O) groups is 1. The first-order valence-corrected chi connectivity index (χ1v) is 6.33. The van der Waals surface area contributed by atoms with Crippen LogP contribution in [0.3, 0.4) is 0 Å². The Labute approximate surface area is 107 Å². The van der Waals surface area contributed by atoms with Crippen molar-refractivity contribution >= 4 is 5.91 Å². The fourth-order valence-corrected chi connectivity index (χ4v) is 2.24. The number of hydrogen-bond acceptors (Lipinski definition) is 3. The van der Waals surface area contributed by atoms with E-state index in [0.717, 1.165) is 6.42 Å². The zero-order valence-electron chi connectivity index (χ0n) is 10.8. The zero-order chi connectivity index (χ0) is 13.1. The molecule has 0 bridgehead atoms. The van der Waals surface area contributed by atoms with Gasteiger partial charge in [-0.3, -0.25) is 4.79 Å². The van der Waals surface area contributed by atoms with Crippen LogP contribution in [0.2, 0.25) is 0 Å². The first kappa shape index (κ1) is 12.9. The van der Waals surface area contributed by atoms with Crippen molar-refractivity contribution in [3.05, 3.63) is 29.8 Å². The summed E-state index contributed by atoms with van der Waals surface area (Å²) in [6.45, 7) is 5.20. The van der Waals surface area contributed by atoms with Gasteiger partial charge < -0.3 is 14.7 Å². The van der Waals surface area contributed by atoms with E-state index in [9.17, 15) is 9.90 Å². The van der Waals surface area contributed by atoms with Crippen molar-refractivity contribution < 1.29 is 14.6 Å². The molecule has 0 aromatic heterocycles. The molecule has 0 aliphatic carbocycles. The minimum atomic E-state index is -0.0344. The van der Waals surface area contributed by atoms with Crippen molar-refractivity contribution in [3.8, 4) is 5.75 Å². The van der Waals surface area contributed by atoms with Gasteiger partial charge in [-0.15, -0.1) is 0 Å². The molecule has 18 heavy (non-hydrogen) atoms. The Kier molecular flexibility index (Phi) is 3.87. The van der Waals surface area contributed by atoms with Crippen molar-refractivity contribution in [2.24, 2.45) is 0 Å². The number of amides is 1. The third-order valence-electron chi connectivity index (χ3n) is 3.29. The SMILES string of the molecule is CCC1COC(C)CN1C(=O)c1cccc(O)c1. The number of aromatic hydroxyl groups is 1. The number of phenolic OH excluding ortho intramolecular Hbond substituents is 1. The first-order valence-electron chi connectivity index (χ1n) is 6.33. The summed E-state index contributed by atoms with van der Waals surface area (Å²) in [7, 11) is 0. The average Bonchev–Trinajstić information content (AvgIpc) is 2.38. The van der Waals surface area contributed by atoms with E-state index in [1.807, 2.05) is 18.7 Å². The summed E-state index contributed by atoms with van der Waals surface area (Å²) in [6, 6.07) is 6.61. The molecule has 4 nitrogen and oxygen atoms in total. The highest BCUT2D eigenvalue weighted by molar-refractivity contribution is 5.94. The number of benzene rings is 1. The molecular weight excluding hydrogens is 230 g/mol. The molecule has 2 rings (SSSR count). The van der Waals surface area contributed by atoms with E-state index in [2.05, 4.69) is 0 Å². The van der Waals surface area contributed by atoms with Crippen LogP contribution in [0.15, 0.2) is 24.3 Å². The monoisotopic (exact) mass is 249 g/mol. The second-order valence-electron chi connectivity index (χ2n) is 4.71. The van der Waals surface area contributed by atoms with Crippen molar-refractivity contribution in [1.82, 2.24) is 4.90 Å². The fourth-order valence-electron chi connectivity index (χ4n) is 2.24. The zero-order valence-corrected chi connectivity index (χ0v) is 10.8.